The molecule has 0 radical (unpaired) electrons. The highest BCUT2D eigenvalue weighted by Crippen LogP contribution is 2.23. The van der Waals surface area contributed by atoms with Crippen LogP contribution in [0.5, 0.6) is 0 Å². The minimum Gasteiger partial charge on any atom is -0.357 e. The molecule has 2 heterocycles. The maximum absolute atomic E-state index is 4.77. The molecule has 1 unspecified atom stereocenters. The lowest BCUT2D eigenvalue weighted by molar-refractivity contribution is 0.403. The summed E-state index contributed by atoms with van der Waals surface area (Å²) in [4.78, 5) is 7.18. The Morgan fingerprint density at radius 1 is 1.52 bits per heavy atom. The van der Waals surface area contributed by atoms with Crippen molar-refractivity contribution in [2.24, 2.45) is 23.9 Å². The van der Waals surface area contributed by atoms with Crippen LogP contribution in [0.3, 0.4) is 0 Å². The van der Waals surface area contributed by atoms with Crippen molar-refractivity contribution in [3.8, 4) is 0 Å². The number of likely N-dealkylation sites (tertiary alicyclic amines) is 1. The number of nitrogens with one attached hydrogen (secondary N) is 1. The Morgan fingerprint density at radius 3 is 2.95 bits per heavy atom. The van der Waals surface area contributed by atoms with Crippen LogP contribution in [0.4, 0.5) is 0 Å². The summed E-state index contributed by atoms with van der Waals surface area (Å²) >= 11 is 0. The second-order valence-corrected chi connectivity index (χ2v) is 6.42. The number of hydrogen-bond donors (Lipinski definition) is 1. The van der Waals surface area contributed by atoms with Crippen LogP contribution in [-0.4, -0.2) is 40.3 Å². The van der Waals surface area contributed by atoms with Crippen LogP contribution in [0.1, 0.15) is 39.2 Å². The van der Waals surface area contributed by atoms with E-state index in [2.05, 4.69) is 36.1 Å². The summed E-state index contributed by atoms with van der Waals surface area (Å²) in [6.07, 6.45) is 6.52. The largest absolute Gasteiger partial charge is 0.357 e. The Bertz CT molecular complexity index is 463. The van der Waals surface area contributed by atoms with E-state index in [0.29, 0.717) is 6.54 Å². The number of guanidine groups is 1. The van der Waals surface area contributed by atoms with Crippen LogP contribution in [0.25, 0.3) is 0 Å². The Morgan fingerprint density at radius 2 is 2.33 bits per heavy atom. The molecule has 5 nitrogen and oxygen atoms in total. The molecule has 2 rings (SSSR count). The Kier molecular flexibility index (Phi) is 5.65. The fourth-order valence-corrected chi connectivity index (χ4v) is 3.03. The van der Waals surface area contributed by atoms with Gasteiger partial charge in [-0.25, -0.2) is 4.99 Å². The molecule has 1 N–H and O–H groups in total. The first-order chi connectivity index (χ1) is 10.1. The molecule has 1 aromatic heterocycles. The smallest absolute Gasteiger partial charge is 0.194 e. The normalized spacial score (nSPS) is 19.6. The van der Waals surface area contributed by atoms with Gasteiger partial charge in [-0.2, -0.15) is 5.10 Å². The molecule has 1 aromatic rings. The van der Waals surface area contributed by atoms with E-state index in [1.54, 1.807) is 0 Å². The summed E-state index contributed by atoms with van der Waals surface area (Å²) in [7, 11) is 1.94. The van der Waals surface area contributed by atoms with Crippen molar-refractivity contribution in [2.75, 3.05) is 19.6 Å². The van der Waals surface area contributed by atoms with Crippen molar-refractivity contribution in [1.82, 2.24) is 20.0 Å². The van der Waals surface area contributed by atoms with Crippen molar-refractivity contribution < 1.29 is 0 Å². The number of aryl methyl sites for hydroxylation is 1. The van der Waals surface area contributed by atoms with Gasteiger partial charge in [0.15, 0.2) is 5.96 Å². The molecular weight excluding hydrogens is 262 g/mol. The highest BCUT2D eigenvalue weighted by Gasteiger charge is 2.25. The molecule has 1 aliphatic heterocycles. The zero-order valence-electron chi connectivity index (χ0n) is 13.8. The molecule has 21 heavy (non-hydrogen) atoms. The Hall–Kier alpha value is -1.52. The zero-order chi connectivity index (χ0) is 15.2. The van der Waals surface area contributed by atoms with E-state index in [1.807, 2.05) is 24.1 Å². The monoisotopic (exact) mass is 291 g/mol. The van der Waals surface area contributed by atoms with Gasteiger partial charge < -0.3 is 10.2 Å². The first-order valence-corrected chi connectivity index (χ1v) is 8.09. The maximum atomic E-state index is 4.77. The number of rotatable bonds is 5. The average molecular weight is 291 g/mol. The molecule has 1 atom stereocenters. The third-order valence-corrected chi connectivity index (χ3v) is 3.89. The first kappa shape index (κ1) is 15.9. The second-order valence-electron chi connectivity index (χ2n) is 6.42. The summed E-state index contributed by atoms with van der Waals surface area (Å²) in [6, 6.07) is 0. The van der Waals surface area contributed by atoms with E-state index in [0.717, 1.165) is 43.0 Å². The van der Waals surface area contributed by atoms with Gasteiger partial charge in [-0.05, 0) is 31.6 Å². The molecule has 0 amide bonds. The van der Waals surface area contributed by atoms with E-state index in [-0.39, 0.29) is 0 Å². The van der Waals surface area contributed by atoms with Gasteiger partial charge in [0.05, 0.1) is 12.7 Å². The SMILES string of the molecule is CCNC(=NCc1cnn(C)c1)N1CCC(CC(C)C)C1. The Balaban J connectivity index is 1.95. The van der Waals surface area contributed by atoms with Crippen LogP contribution in [0, 0.1) is 11.8 Å². The number of nitrogens with zero attached hydrogens (tertiary/aromatic N) is 4. The summed E-state index contributed by atoms with van der Waals surface area (Å²) < 4.78 is 1.83. The van der Waals surface area contributed by atoms with Crippen LogP contribution < -0.4 is 5.32 Å². The molecule has 0 spiro atoms. The van der Waals surface area contributed by atoms with E-state index >= 15 is 0 Å². The molecule has 1 aliphatic rings. The van der Waals surface area contributed by atoms with Crippen LogP contribution >= 0.6 is 0 Å². The standard InChI is InChI=1S/C16H29N5/c1-5-17-16(18-9-15-10-19-20(4)11-15)21-7-6-14(12-21)8-13(2)3/h10-11,13-14H,5-9,12H2,1-4H3,(H,17,18). The molecular formula is C16H29N5. The fourth-order valence-electron chi connectivity index (χ4n) is 3.03. The van der Waals surface area contributed by atoms with Gasteiger partial charge in [0.25, 0.3) is 0 Å². The summed E-state index contributed by atoms with van der Waals surface area (Å²) in [5.41, 5.74) is 1.16. The van der Waals surface area contributed by atoms with E-state index in [4.69, 9.17) is 4.99 Å². The zero-order valence-corrected chi connectivity index (χ0v) is 13.8. The third-order valence-electron chi connectivity index (χ3n) is 3.89. The molecule has 118 valence electrons. The fraction of sp³-hybridized carbons (Fsp3) is 0.750. The topological polar surface area (TPSA) is 45.5 Å². The van der Waals surface area contributed by atoms with Crippen molar-refractivity contribution in [3.63, 3.8) is 0 Å². The van der Waals surface area contributed by atoms with Crippen LogP contribution in [0.15, 0.2) is 17.4 Å². The van der Waals surface area contributed by atoms with Gasteiger partial charge in [0.1, 0.15) is 0 Å². The lowest BCUT2D eigenvalue weighted by atomic mass is 9.97. The number of aliphatic imine (C=N–C) groups is 1. The molecule has 1 fully saturated rings. The van der Waals surface area contributed by atoms with Crippen LogP contribution in [0.2, 0.25) is 0 Å². The lowest BCUT2D eigenvalue weighted by Crippen LogP contribution is -2.40. The van der Waals surface area contributed by atoms with Crippen molar-refractivity contribution in [1.29, 1.82) is 0 Å². The molecule has 5 heteroatoms. The van der Waals surface area contributed by atoms with Gasteiger partial charge in [-0.3, -0.25) is 4.68 Å². The van der Waals surface area contributed by atoms with Gasteiger partial charge >= 0.3 is 0 Å². The lowest BCUT2D eigenvalue weighted by Gasteiger charge is -2.22. The van der Waals surface area contributed by atoms with Gasteiger partial charge in [0, 0.05) is 38.4 Å². The van der Waals surface area contributed by atoms with Gasteiger partial charge in [-0.15, -0.1) is 0 Å². The van der Waals surface area contributed by atoms with Crippen molar-refractivity contribution >= 4 is 5.96 Å². The summed E-state index contributed by atoms with van der Waals surface area (Å²) in [5.74, 6) is 2.64. The van der Waals surface area contributed by atoms with Crippen molar-refractivity contribution in [3.05, 3.63) is 18.0 Å². The quantitative estimate of drug-likeness (QED) is 0.668. The molecule has 0 aromatic carbocycles. The van der Waals surface area contributed by atoms with Gasteiger partial charge in [-0.1, -0.05) is 13.8 Å². The minimum atomic E-state index is 0.696. The van der Waals surface area contributed by atoms with E-state index in [9.17, 15) is 0 Å². The van der Waals surface area contributed by atoms with Gasteiger partial charge in [0.2, 0.25) is 0 Å². The maximum Gasteiger partial charge on any atom is 0.194 e. The van der Waals surface area contributed by atoms with Crippen molar-refractivity contribution in [2.45, 2.75) is 40.2 Å². The first-order valence-electron chi connectivity index (χ1n) is 8.09. The molecule has 0 bridgehead atoms. The highest BCUT2D eigenvalue weighted by atomic mass is 15.3. The number of aromatic nitrogens is 2. The molecule has 0 saturated carbocycles. The number of hydrogen-bond acceptors (Lipinski definition) is 2. The molecule has 0 aliphatic carbocycles. The summed E-state index contributed by atoms with van der Waals surface area (Å²) in [5, 5.41) is 7.62. The third kappa shape index (κ3) is 4.76. The predicted octanol–water partition coefficient (Wildman–Crippen LogP) is 2.25. The van der Waals surface area contributed by atoms with E-state index in [1.165, 1.54) is 12.8 Å². The average Bonchev–Trinajstić information content (AvgIpc) is 3.03. The highest BCUT2D eigenvalue weighted by molar-refractivity contribution is 5.80. The van der Waals surface area contributed by atoms with Crippen LogP contribution in [-0.2, 0) is 13.6 Å². The summed E-state index contributed by atoms with van der Waals surface area (Å²) in [6.45, 7) is 10.6. The van der Waals surface area contributed by atoms with E-state index < -0.39 is 0 Å². The Labute approximate surface area is 128 Å². The predicted molar refractivity (Wildman–Crippen MR) is 87.2 cm³/mol. The molecule has 1 saturated heterocycles. The minimum absolute atomic E-state index is 0.696. The second kappa shape index (κ2) is 7.48.